The predicted molar refractivity (Wildman–Crippen MR) is 153 cm³/mol. The molecule has 2 saturated heterocycles. The molecule has 3 amide bonds. The SMILES string of the molecule is CCCC(C)N1CC=C[C@]23O[C@]4(CC)C=CCN(c5ccccc5)C(=O)[C@@H]4[C@H]2C(=O)N([C@@H](CO)C(C)C)C3C1=O. The summed E-state index contributed by atoms with van der Waals surface area (Å²) < 4.78 is 7.05. The first-order valence-electron chi connectivity index (χ1n) is 14.8. The quantitative estimate of drug-likeness (QED) is 0.501. The van der Waals surface area contributed by atoms with E-state index < -0.39 is 35.1 Å². The standard InChI is InChI=1S/C32H43N3O5/c1-6-13-22(5)33-18-12-17-32-26(29(38)35(27(32)30(33)39)24(20-36)21(3)4)25-28(37)34(23-14-9-8-10-15-23)19-11-16-31(25,7-2)40-32/h8-12,14-17,21-22,24-27,36H,6-7,13,18-20H2,1-5H3/t22?,24-,25-,26-,27?,31+,32-/m0/s1. The third-order valence-electron chi connectivity index (χ3n) is 9.53. The number of carbonyl (C=O) groups excluding carboxylic acids is 3. The van der Waals surface area contributed by atoms with Crippen molar-refractivity contribution in [1.29, 1.82) is 0 Å². The van der Waals surface area contributed by atoms with Crippen molar-refractivity contribution in [3.05, 3.63) is 54.6 Å². The topological polar surface area (TPSA) is 90.4 Å². The van der Waals surface area contributed by atoms with E-state index in [0.29, 0.717) is 19.5 Å². The first kappa shape index (κ1) is 28.6. The number of aliphatic hydroxyl groups excluding tert-OH is 1. The lowest BCUT2D eigenvalue weighted by atomic mass is 9.73. The van der Waals surface area contributed by atoms with Gasteiger partial charge in [0.1, 0.15) is 11.6 Å². The second kappa shape index (κ2) is 10.8. The molecule has 0 bridgehead atoms. The Morgan fingerprint density at radius 1 is 0.950 bits per heavy atom. The first-order chi connectivity index (χ1) is 19.2. The van der Waals surface area contributed by atoms with E-state index in [1.165, 1.54) is 0 Å². The van der Waals surface area contributed by atoms with Gasteiger partial charge in [-0.3, -0.25) is 14.4 Å². The molecule has 40 heavy (non-hydrogen) atoms. The maximum atomic E-state index is 14.7. The minimum absolute atomic E-state index is 0.0259. The van der Waals surface area contributed by atoms with Gasteiger partial charge in [-0.15, -0.1) is 0 Å². The number of ether oxygens (including phenoxy) is 1. The van der Waals surface area contributed by atoms with Gasteiger partial charge in [-0.2, -0.15) is 0 Å². The molecule has 4 aliphatic heterocycles. The van der Waals surface area contributed by atoms with Crippen molar-refractivity contribution < 1.29 is 24.2 Å². The molecule has 2 fully saturated rings. The van der Waals surface area contributed by atoms with Gasteiger partial charge >= 0.3 is 0 Å². The Hall–Kier alpha value is -2.97. The molecule has 7 atom stereocenters. The van der Waals surface area contributed by atoms with Gasteiger partial charge in [0.25, 0.3) is 0 Å². The Morgan fingerprint density at radius 3 is 2.27 bits per heavy atom. The van der Waals surface area contributed by atoms with Crippen LogP contribution in [0.15, 0.2) is 54.6 Å². The van der Waals surface area contributed by atoms with Crippen LogP contribution in [0.5, 0.6) is 0 Å². The van der Waals surface area contributed by atoms with Crippen LogP contribution in [0.2, 0.25) is 0 Å². The number of amides is 3. The maximum absolute atomic E-state index is 14.7. The predicted octanol–water partition coefficient (Wildman–Crippen LogP) is 3.55. The fraction of sp³-hybridized carbons (Fsp3) is 0.594. The van der Waals surface area contributed by atoms with E-state index in [4.69, 9.17) is 4.74 Å². The second-order valence-electron chi connectivity index (χ2n) is 12.1. The zero-order valence-electron chi connectivity index (χ0n) is 24.3. The van der Waals surface area contributed by atoms with Crippen LogP contribution in [0, 0.1) is 17.8 Å². The summed E-state index contributed by atoms with van der Waals surface area (Å²) in [6, 6.07) is 7.90. The monoisotopic (exact) mass is 549 g/mol. The molecule has 1 N–H and O–H groups in total. The third kappa shape index (κ3) is 4.14. The fourth-order valence-electron chi connectivity index (χ4n) is 7.50. The van der Waals surface area contributed by atoms with Crippen molar-refractivity contribution in [3.8, 4) is 0 Å². The molecule has 0 aliphatic carbocycles. The van der Waals surface area contributed by atoms with Crippen LogP contribution in [-0.4, -0.2) is 81.7 Å². The number of rotatable bonds is 8. The van der Waals surface area contributed by atoms with Gasteiger partial charge in [-0.25, -0.2) is 0 Å². The van der Waals surface area contributed by atoms with E-state index in [0.717, 1.165) is 18.5 Å². The molecule has 0 aromatic heterocycles. The summed E-state index contributed by atoms with van der Waals surface area (Å²) in [5.41, 5.74) is -1.60. The van der Waals surface area contributed by atoms with Crippen LogP contribution in [0.25, 0.3) is 0 Å². The summed E-state index contributed by atoms with van der Waals surface area (Å²) in [5, 5.41) is 10.5. The molecular formula is C32H43N3O5. The first-order valence-corrected chi connectivity index (χ1v) is 14.8. The van der Waals surface area contributed by atoms with E-state index in [2.05, 4.69) is 6.92 Å². The van der Waals surface area contributed by atoms with E-state index in [1.807, 2.05) is 87.2 Å². The number of para-hydroxylation sites is 1. The summed E-state index contributed by atoms with van der Waals surface area (Å²) >= 11 is 0. The largest absolute Gasteiger partial charge is 0.394 e. The summed E-state index contributed by atoms with van der Waals surface area (Å²) in [4.78, 5) is 48.8. The molecule has 4 aliphatic rings. The average molecular weight is 550 g/mol. The number of fused-ring (bicyclic) bond motifs is 2. The summed E-state index contributed by atoms with van der Waals surface area (Å²) in [6.45, 7) is 10.5. The third-order valence-corrected chi connectivity index (χ3v) is 9.53. The van der Waals surface area contributed by atoms with Crippen LogP contribution in [0.3, 0.4) is 0 Å². The molecular weight excluding hydrogens is 506 g/mol. The van der Waals surface area contributed by atoms with Crippen molar-refractivity contribution in [2.24, 2.45) is 17.8 Å². The molecule has 0 saturated carbocycles. The second-order valence-corrected chi connectivity index (χ2v) is 12.1. The lowest BCUT2D eigenvalue weighted by Gasteiger charge is -2.42. The highest BCUT2D eigenvalue weighted by molar-refractivity contribution is 6.04. The molecule has 216 valence electrons. The molecule has 8 heteroatoms. The van der Waals surface area contributed by atoms with Gasteiger partial charge in [0, 0.05) is 24.8 Å². The van der Waals surface area contributed by atoms with Crippen molar-refractivity contribution in [1.82, 2.24) is 9.80 Å². The summed E-state index contributed by atoms with van der Waals surface area (Å²) in [6.07, 6.45) is 9.97. The number of aliphatic hydroxyl groups is 1. The van der Waals surface area contributed by atoms with Crippen molar-refractivity contribution in [3.63, 3.8) is 0 Å². The number of hydrogen-bond acceptors (Lipinski definition) is 5. The maximum Gasteiger partial charge on any atom is 0.249 e. The lowest BCUT2D eigenvalue weighted by molar-refractivity contribution is -0.157. The van der Waals surface area contributed by atoms with Crippen molar-refractivity contribution in [2.75, 3.05) is 24.6 Å². The molecule has 2 unspecified atom stereocenters. The number of hydrogen-bond donors (Lipinski definition) is 1. The van der Waals surface area contributed by atoms with Gasteiger partial charge in [0.2, 0.25) is 17.7 Å². The van der Waals surface area contributed by atoms with Crippen LogP contribution in [0.1, 0.15) is 53.9 Å². The smallest absolute Gasteiger partial charge is 0.249 e. The minimum atomic E-state index is -1.32. The molecule has 1 spiro atoms. The molecule has 1 aromatic rings. The number of benzene rings is 1. The van der Waals surface area contributed by atoms with Gasteiger partial charge in [0.05, 0.1) is 30.1 Å². The van der Waals surface area contributed by atoms with Crippen LogP contribution in [-0.2, 0) is 19.1 Å². The Kier molecular flexibility index (Phi) is 7.70. The number of likely N-dealkylation sites (tertiary alicyclic amines) is 1. The highest BCUT2D eigenvalue weighted by Crippen LogP contribution is 2.59. The van der Waals surface area contributed by atoms with Crippen molar-refractivity contribution in [2.45, 2.75) is 83.2 Å². The number of nitrogens with zero attached hydrogens (tertiary/aromatic N) is 3. The van der Waals surface area contributed by atoms with E-state index in [9.17, 15) is 19.5 Å². The average Bonchev–Trinajstić information content (AvgIpc) is 3.22. The van der Waals surface area contributed by atoms with Gasteiger partial charge in [-0.05, 0) is 37.8 Å². The Labute approximate surface area is 237 Å². The minimum Gasteiger partial charge on any atom is -0.394 e. The van der Waals surface area contributed by atoms with E-state index >= 15 is 0 Å². The normalized spacial score (nSPS) is 33.1. The Balaban J connectivity index is 1.69. The molecule has 0 radical (unpaired) electrons. The van der Waals surface area contributed by atoms with Crippen LogP contribution >= 0.6 is 0 Å². The van der Waals surface area contributed by atoms with Gasteiger partial charge in [0.15, 0.2) is 0 Å². The Bertz CT molecular complexity index is 1200. The van der Waals surface area contributed by atoms with Gasteiger partial charge < -0.3 is 24.5 Å². The fourth-order valence-corrected chi connectivity index (χ4v) is 7.50. The molecule has 8 nitrogen and oxygen atoms in total. The van der Waals surface area contributed by atoms with E-state index in [-0.39, 0.29) is 36.3 Å². The number of anilines is 1. The number of carbonyl (C=O) groups is 3. The van der Waals surface area contributed by atoms with Crippen molar-refractivity contribution >= 4 is 23.4 Å². The highest BCUT2D eigenvalue weighted by Gasteiger charge is 2.76. The Morgan fingerprint density at radius 2 is 1.65 bits per heavy atom. The van der Waals surface area contributed by atoms with Gasteiger partial charge in [-0.1, -0.05) is 76.6 Å². The zero-order chi connectivity index (χ0) is 28.8. The summed E-state index contributed by atoms with van der Waals surface area (Å²) in [7, 11) is 0. The van der Waals surface area contributed by atoms with E-state index in [1.54, 1.807) is 9.80 Å². The molecule has 5 rings (SSSR count). The summed E-state index contributed by atoms with van der Waals surface area (Å²) in [5.74, 6) is -2.47. The molecule has 4 heterocycles. The zero-order valence-corrected chi connectivity index (χ0v) is 24.3. The van der Waals surface area contributed by atoms with Crippen LogP contribution < -0.4 is 4.90 Å². The van der Waals surface area contributed by atoms with Crippen LogP contribution in [0.4, 0.5) is 5.69 Å². The lowest BCUT2D eigenvalue weighted by Crippen LogP contribution is -2.60. The molecule has 1 aromatic carbocycles. The highest BCUT2D eigenvalue weighted by atomic mass is 16.5.